The van der Waals surface area contributed by atoms with Gasteiger partial charge in [-0.1, -0.05) is 60.3 Å². The molecule has 2 aliphatic rings. The van der Waals surface area contributed by atoms with Gasteiger partial charge in [-0.05, 0) is 12.1 Å². The van der Waals surface area contributed by atoms with Crippen molar-refractivity contribution in [3.05, 3.63) is 66.2 Å². The molecule has 2 saturated heterocycles. The first-order chi connectivity index (χ1) is 13.6. The zero-order valence-corrected chi connectivity index (χ0v) is 16.2. The molecule has 0 radical (unpaired) electrons. The van der Waals surface area contributed by atoms with Crippen LogP contribution in [0, 0.1) is 0 Å². The molecule has 1 N–H and O–H groups in total. The molecule has 0 amide bonds. The molecule has 2 aromatic rings. The number of rotatable bonds is 4. The largest absolute Gasteiger partial charge is 0.456 e. The number of thioether (sulfide) groups is 1. The van der Waals surface area contributed by atoms with Crippen LogP contribution in [-0.2, 0) is 23.7 Å². The van der Waals surface area contributed by atoms with Crippen LogP contribution >= 0.6 is 11.8 Å². The van der Waals surface area contributed by atoms with Gasteiger partial charge in [-0.3, -0.25) is 4.79 Å². The summed E-state index contributed by atoms with van der Waals surface area (Å²) in [6.45, 7) is 1.60. The highest BCUT2D eigenvalue weighted by molar-refractivity contribution is 7.99. The minimum absolute atomic E-state index is 0.278. The first kappa shape index (κ1) is 19.4. The fraction of sp³-hybridized carbons (Fsp3) is 0.381. The van der Waals surface area contributed by atoms with E-state index in [1.54, 1.807) is 0 Å². The highest BCUT2D eigenvalue weighted by Gasteiger charge is 2.51. The summed E-state index contributed by atoms with van der Waals surface area (Å²) in [6, 6.07) is 19.2. The molecule has 0 spiro atoms. The molecule has 7 heteroatoms. The zero-order chi connectivity index (χ0) is 19.5. The van der Waals surface area contributed by atoms with Crippen molar-refractivity contribution in [2.24, 2.45) is 0 Å². The lowest BCUT2D eigenvalue weighted by Crippen LogP contribution is -2.61. The summed E-state index contributed by atoms with van der Waals surface area (Å²) < 4.78 is 23.4. The number of esters is 1. The Bertz CT molecular complexity index is 786. The molecule has 28 heavy (non-hydrogen) atoms. The maximum Gasteiger partial charge on any atom is 0.303 e. The van der Waals surface area contributed by atoms with Gasteiger partial charge in [-0.2, -0.15) is 0 Å². The lowest BCUT2D eigenvalue weighted by molar-refractivity contribution is -0.319. The minimum atomic E-state index is -1.03. The monoisotopic (exact) mass is 402 g/mol. The molecule has 4 unspecified atom stereocenters. The third-order valence-electron chi connectivity index (χ3n) is 4.68. The van der Waals surface area contributed by atoms with Gasteiger partial charge >= 0.3 is 5.97 Å². The van der Waals surface area contributed by atoms with Crippen molar-refractivity contribution in [1.82, 2.24) is 0 Å². The molecule has 0 saturated carbocycles. The molecule has 6 nitrogen and oxygen atoms in total. The first-order valence-electron chi connectivity index (χ1n) is 9.16. The number of carbonyl (C=O) groups is 1. The second kappa shape index (κ2) is 8.63. The molecule has 2 heterocycles. The van der Waals surface area contributed by atoms with Crippen molar-refractivity contribution < 1.29 is 28.8 Å². The van der Waals surface area contributed by atoms with Gasteiger partial charge in [0.2, 0.25) is 0 Å². The fourth-order valence-electron chi connectivity index (χ4n) is 3.39. The predicted molar refractivity (Wildman–Crippen MR) is 103 cm³/mol. The summed E-state index contributed by atoms with van der Waals surface area (Å²) >= 11 is 1.40. The Morgan fingerprint density at radius 2 is 1.75 bits per heavy atom. The van der Waals surface area contributed by atoms with E-state index in [2.05, 4.69) is 0 Å². The number of ether oxygens (including phenoxy) is 4. The molecule has 4 rings (SSSR count). The van der Waals surface area contributed by atoms with Crippen molar-refractivity contribution >= 4 is 17.7 Å². The van der Waals surface area contributed by atoms with Crippen molar-refractivity contribution in [2.75, 3.05) is 6.61 Å². The van der Waals surface area contributed by atoms with E-state index in [9.17, 15) is 9.90 Å². The molecule has 0 bridgehead atoms. The second-order valence-electron chi connectivity index (χ2n) is 6.72. The van der Waals surface area contributed by atoms with Crippen LogP contribution in [0.15, 0.2) is 65.6 Å². The van der Waals surface area contributed by atoms with Crippen LogP contribution in [0.3, 0.4) is 0 Å². The van der Waals surface area contributed by atoms with Crippen molar-refractivity contribution in [2.45, 2.75) is 48.0 Å². The van der Waals surface area contributed by atoms with E-state index < -0.39 is 42.1 Å². The van der Waals surface area contributed by atoms with Gasteiger partial charge in [-0.25, -0.2) is 0 Å². The van der Waals surface area contributed by atoms with Crippen LogP contribution in [0.4, 0.5) is 0 Å². The van der Waals surface area contributed by atoms with Crippen molar-refractivity contribution in [3.8, 4) is 0 Å². The Morgan fingerprint density at radius 1 is 1.07 bits per heavy atom. The summed E-state index contributed by atoms with van der Waals surface area (Å²) in [7, 11) is 0. The molecular formula is C21H22O6S. The average molecular weight is 402 g/mol. The fourth-order valence-corrected chi connectivity index (χ4v) is 4.52. The minimum Gasteiger partial charge on any atom is -0.456 e. The Hall–Kier alpha value is -1.90. The Labute approximate surface area is 167 Å². The Morgan fingerprint density at radius 3 is 2.43 bits per heavy atom. The number of fused-ring (bicyclic) bond motifs is 1. The normalized spacial score (nSPS) is 32.4. The molecule has 0 aliphatic carbocycles. The van der Waals surface area contributed by atoms with Crippen LogP contribution < -0.4 is 0 Å². The van der Waals surface area contributed by atoms with Crippen LogP contribution in [0.1, 0.15) is 18.8 Å². The molecular weight excluding hydrogens is 380 g/mol. The van der Waals surface area contributed by atoms with Crippen LogP contribution in [0.25, 0.3) is 0 Å². The number of aliphatic hydroxyl groups is 1. The quantitative estimate of drug-likeness (QED) is 0.788. The van der Waals surface area contributed by atoms with Crippen molar-refractivity contribution in [1.29, 1.82) is 0 Å². The van der Waals surface area contributed by atoms with E-state index in [-0.39, 0.29) is 6.61 Å². The first-order valence-corrected chi connectivity index (χ1v) is 10.0. The smallest absolute Gasteiger partial charge is 0.303 e. The third kappa shape index (κ3) is 4.24. The van der Waals surface area contributed by atoms with Gasteiger partial charge in [0.05, 0.1) is 6.61 Å². The molecule has 2 fully saturated rings. The topological polar surface area (TPSA) is 74.2 Å². The van der Waals surface area contributed by atoms with Gasteiger partial charge in [0, 0.05) is 17.4 Å². The lowest BCUT2D eigenvalue weighted by atomic mass is 9.98. The Balaban J connectivity index is 1.53. The molecule has 2 aromatic carbocycles. The maximum absolute atomic E-state index is 11.6. The number of hydrogen-bond acceptors (Lipinski definition) is 7. The summed E-state index contributed by atoms with van der Waals surface area (Å²) in [5.74, 6) is -0.476. The van der Waals surface area contributed by atoms with Gasteiger partial charge in [0.1, 0.15) is 23.7 Å². The zero-order valence-electron chi connectivity index (χ0n) is 15.3. The SMILES string of the molecule is CC(=O)OC1C(O)[C@H]2OC(c3ccccc3)OCC2O[C@H]1Sc1ccccc1. The lowest BCUT2D eigenvalue weighted by Gasteiger charge is -2.47. The second-order valence-corrected chi connectivity index (χ2v) is 7.89. The highest BCUT2D eigenvalue weighted by atomic mass is 32.2. The summed E-state index contributed by atoms with van der Waals surface area (Å²) in [4.78, 5) is 12.6. The highest BCUT2D eigenvalue weighted by Crippen LogP contribution is 2.39. The van der Waals surface area contributed by atoms with E-state index >= 15 is 0 Å². The number of carbonyl (C=O) groups excluding carboxylic acids is 1. The van der Waals surface area contributed by atoms with Crippen LogP contribution in [-0.4, -0.2) is 47.5 Å². The maximum atomic E-state index is 11.6. The van der Waals surface area contributed by atoms with E-state index in [4.69, 9.17) is 18.9 Å². The number of aliphatic hydroxyl groups excluding tert-OH is 1. The Kier molecular flexibility index (Phi) is 5.99. The van der Waals surface area contributed by atoms with Gasteiger partial charge in [-0.15, -0.1) is 0 Å². The number of hydrogen-bond donors (Lipinski definition) is 1. The summed E-state index contributed by atoms with van der Waals surface area (Å²) in [5, 5.41) is 11.0. The van der Waals surface area contributed by atoms with E-state index in [1.807, 2.05) is 60.7 Å². The molecule has 6 atom stereocenters. The van der Waals surface area contributed by atoms with E-state index in [1.165, 1.54) is 18.7 Å². The molecule has 2 aliphatic heterocycles. The van der Waals surface area contributed by atoms with Crippen LogP contribution in [0.2, 0.25) is 0 Å². The van der Waals surface area contributed by atoms with Crippen LogP contribution in [0.5, 0.6) is 0 Å². The third-order valence-corrected chi connectivity index (χ3v) is 5.83. The van der Waals surface area contributed by atoms with Gasteiger partial charge in [0.15, 0.2) is 12.4 Å². The van der Waals surface area contributed by atoms with E-state index in [0.717, 1.165) is 10.5 Å². The van der Waals surface area contributed by atoms with Gasteiger partial charge in [0.25, 0.3) is 0 Å². The standard InChI is InChI=1S/C21H22O6S/c1-13(22)25-19-17(23)18-16(26-21(19)28-15-10-6-3-7-11-15)12-24-20(27-18)14-8-4-2-5-9-14/h2-11,16-21,23H,12H2,1H3/t16?,17?,18-,19?,20?,21-/m0/s1. The van der Waals surface area contributed by atoms with Gasteiger partial charge < -0.3 is 24.1 Å². The van der Waals surface area contributed by atoms with Crippen molar-refractivity contribution in [3.63, 3.8) is 0 Å². The summed E-state index contributed by atoms with van der Waals surface area (Å²) in [5.41, 5.74) is 0.293. The predicted octanol–water partition coefficient (Wildman–Crippen LogP) is 2.91. The van der Waals surface area contributed by atoms with E-state index in [0.29, 0.717) is 0 Å². The molecule has 148 valence electrons. The number of benzene rings is 2. The average Bonchev–Trinajstić information content (AvgIpc) is 2.72. The molecule has 0 aromatic heterocycles. The summed E-state index contributed by atoms with van der Waals surface area (Å²) in [6.07, 6.45) is -3.59.